The van der Waals surface area contributed by atoms with Gasteiger partial charge in [-0.15, -0.1) is 11.3 Å². The van der Waals surface area contributed by atoms with Gasteiger partial charge in [0.15, 0.2) is 0 Å². The first-order chi connectivity index (χ1) is 20.8. The summed E-state index contributed by atoms with van der Waals surface area (Å²) in [6.07, 6.45) is 0. The van der Waals surface area contributed by atoms with Crippen LogP contribution in [0.3, 0.4) is 0 Å². The molecule has 8 aromatic rings. The van der Waals surface area contributed by atoms with Gasteiger partial charge in [-0.2, -0.15) is 0 Å². The summed E-state index contributed by atoms with van der Waals surface area (Å²) in [4.78, 5) is 2.35. The molecule has 2 heteroatoms. The van der Waals surface area contributed by atoms with Crippen LogP contribution in [0.2, 0.25) is 0 Å². The van der Waals surface area contributed by atoms with Crippen molar-refractivity contribution in [1.82, 2.24) is 0 Å². The van der Waals surface area contributed by atoms with E-state index < -0.39 is 0 Å². The standard InChI is InChI=1S/C40H27NS/c1-3-11-28(12-4-1)35-17-9-10-18-36(35)29-19-21-33(22-20-29)41(32-15-5-2-6-16-32)34-23-24-37-38-25-30-13-7-8-14-31(30)26-39(38)42-40(37)27-34/h1-27H. The summed E-state index contributed by atoms with van der Waals surface area (Å²) in [5, 5.41) is 5.21. The molecule has 1 aromatic heterocycles. The van der Waals surface area contributed by atoms with E-state index >= 15 is 0 Å². The molecular weight excluding hydrogens is 527 g/mol. The number of fused-ring (bicyclic) bond motifs is 4. The van der Waals surface area contributed by atoms with Crippen LogP contribution in [-0.2, 0) is 0 Å². The van der Waals surface area contributed by atoms with E-state index in [1.807, 2.05) is 11.3 Å². The quantitative estimate of drug-likeness (QED) is 0.205. The Kier molecular flexibility index (Phi) is 6.05. The molecule has 0 aliphatic rings. The summed E-state index contributed by atoms with van der Waals surface area (Å²) in [6, 6.07) is 59.1. The molecule has 7 aromatic carbocycles. The zero-order valence-electron chi connectivity index (χ0n) is 22.9. The number of hydrogen-bond acceptors (Lipinski definition) is 2. The van der Waals surface area contributed by atoms with Gasteiger partial charge in [0.05, 0.1) is 0 Å². The average molecular weight is 554 g/mol. The van der Waals surface area contributed by atoms with Gasteiger partial charge in [0.25, 0.3) is 0 Å². The fourth-order valence-corrected chi connectivity index (χ4v) is 7.18. The molecule has 0 fully saturated rings. The van der Waals surface area contributed by atoms with Gasteiger partial charge in [-0.25, -0.2) is 0 Å². The van der Waals surface area contributed by atoms with Gasteiger partial charge in [-0.1, -0.05) is 115 Å². The van der Waals surface area contributed by atoms with Crippen molar-refractivity contribution in [3.05, 3.63) is 164 Å². The lowest BCUT2D eigenvalue weighted by Gasteiger charge is -2.26. The Hall–Kier alpha value is -5.18. The highest BCUT2D eigenvalue weighted by Crippen LogP contribution is 2.42. The monoisotopic (exact) mass is 553 g/mol. The fraction of sp³-hybridized carbons (Fsp3) is 0. The smallest absolute Gasteiger partial charge is 0.0476 e. The van der Waals surface area contributed by atoms with Gasteiger partial charge in [-0.05, 0) is 81.6 Å². The highest BCUT2D eigenvalue weighted by Gasteiger charge is 2.16. The van der Waals surface area contributed by atoms with E-state index in [9.17, 15) is 0 Å². The Morgan fingerprint density at radius 2 is 0.881 bits per heavy atom. The minimum atomic E-state index is 1.13. The lowest BCUT2D eigenvalue weighted by molar-refractivity contribution is 1.29. The lowest BCUT2D eigenvalue weighted by Crippen LogP contribution is -2.09. The van der Waals surface area contributed by atoms with Gasteiger partial charge >= 0.3 is 0 Å². The van der Waals surface area contributed by atoms with Crippen LogP contribution in [0, 0.1) is 0 Å². The van der Waals surface area contributed by atoms with Crippen molar-refractivity contribution in [2.75, 3.05) is 4.90 Å². The van der Waals surface area contributed by atoms with Crippen LogP contribution < -0.4 is 4.90 Å². The van der Waals surface area contributed by atoms with Crippen LogP contribution in [0.25, 0.3) is 53.2 Å². The van der Waals surface area contributed by atoms with Crippen molar-refractivity contribution < 1.29 is 0 Å². The van der Waals surface area contributed by atoms with Crippen LogP contribution in [0.15, 0.2) is 164 Å². The highest BCUT2D eigenvalue weighted by atomic mass is 32.1. The molecule has 0 amide bonds. The summed E-state index contributed by atoms with van der Waals surface area (Å²) in [5.41, 5.74) is 8.34. The molecule has 0 aliphatic heterocycles. The maximum atomic E-state index is 2.35. The zero-order chi connectivity index (χ0) is 27.9. The van der Waals surface area contributed by atoms with E-state index in [2.05, 4.69) is 169 Å². The van der Waals surface area contributed by atoms with E-state index in [0.717, 1.165) is 17.1 Å². The number of para-hydroxylation sites is 1. The van der Waals surface area contributed by atoms with Crippen LogP contribution in [-0.4, -0.2) is 0 Å². The molecule has 1 nitrogen and oxygen atoms in total. The van der Waals surface area contributed by atoms with Crippen molar-refractivity contribution in [1.29, 1.82) is 0 Å². The Labute approximate surface area is 249 Å². The van der Waals surface area contributed by atoms with Crippen LogP contribution in [0.4, 0.5) is 17.1 Å². The minimum absolute atomic E-state index is 1.13. The molecule has 0 N–H and O–H groups in total. The van der Waals surface area contributed by atoms with Gasteiger partial charge in [0.2, 0.25) is 0 Å². The normalized spacial score (nSPS) is 11.3. The van der Waals surface area contributed by atoms with Crippen molar-refractivity contribution in [3.63, 3.8) is 0 Å². The molecule has 0 aliphatic carbocycles. The molecule has 0 saturated heterocycles. The SMILES string of the molecule is c1ccc(-c2ccccc2-c2ccc(N(c3ccccc3)c3ccc4c(c3)sc3cc5ccccc5cc34)cc2)cc1. The molecule has 0 atom stereocenters. The number of nitrogens with zero attached hydrogens (tertiary/aromatic N) is 1. The average Bonchev–Trinajstić information content (AvgIpc) is 3.41. The number of rotatable bonds is 5. The maximum absolute atomic E-state index is 2.35. The van der Waals surface area contributed by atoms with Gasteiger partial charge in [0.1, 0.15) is 0 Å². The van der Waals surface area contributed by atoms with Crippen molar-refractivity contribution in [2.45, 2.75) is 0 Å². The first-order valence-electron chi connectivity index (χ1n) is 14.3. The first-order valence-corrected chi connectivity index (χ1v) is 15.1. The summed E-state index contributed by atoms with van der Waals surface area (Å²) in [5.74, 6) is 0. The maximum Gasteiger partial charge on any atom is 0.0476 e. The molecule has 1 heterocycles. The summed E-state index contributed by atoms with van der Waals surface area (Å²) in [6.45, 7) is 0. The first kappa shape index (κ1) is 24.6. The Morgan fingerprint density at radius 3 is 1.60 bits per heavy atom. The van der Waals surface area contributed by atoms with E-state index in [0.29, 0.717) is 0 Å². The molecule has 0 unspecified atom stereocenters. The third-order valence-corrected chi connectivity index (χ3v) is 9.16. The fourth-order valence-electron chi connectivity index (χ4n) is 6.01. The molecule has 0 spiro atoms. The van der Waals surface area contributed by atoms with Gasteiger partial charge in [0, 0.05) is 37.2 Å². The number of thiophene rings is 1. The molecule has 0 saturated carbocycles. The molecule has 0 radical (unpaired) electrons. The Balaban J connectivity index is 1.23. The second-order valence-electron chi connectivity index (χ2n) is 10.6. The van der Waals surface area contributed by atoms with E-state index in [4.69, 9.17) is 0 Å². The second-order valence-corrected chi connectivity index (χ2v) is 11.7. The highest BCUT2D eigenvalue weighted by molar-refractivity contribution is 7.25. The van der Waals surface area contributed by atoms with Gasteiger partial charge < -0.3 is 4.90 Å². The van der Waals surface area contributed by atoms with Crippen molar-refractivity contribution >= 4 is 59.3 Å². The largest absolute Gasteiger partial charge is 0.310 e. The summed E-state index contributed by atoms with van der Waals surface area (Å²) < 4.78 is 2.63. The summed E-state index contributed by atoms with van der Waals surface area (Å²) >= 11 is 1.87. The minimum Gasteiger partial charge on any atom is -0.310 e. The second kappa shape index (κ2) is 10.3. The van der Waals surface area contributed by atoms with Crippen LogP contribution >= 0.6 is 11.3 Å². The number of hydrogen-bond donors (Lipinski definition) is 0. The Morgan fingerprint density at radius 1 is 0.357 bits per heavy atom. The topological polar surface area (TPSA) is 3.24 Å². The lowest BCUT2D eigenvalue weighted by atomic mass is 9.94. The molecule has 198 valence electrons. The van der Waals surface area contributed by atoms with Crippen LogP contribution in [0.1, 0.15) is 0 Å². The number of benzene rings is 7. The summed E-state index contributed by atoms with van der Waals surface area (Å²) in [7, 11) is 0. The molecular formula is C40H27NS. The zero-order valence-corrected chi connectivity index (χ0v) is 23.8. The number of anilines is 3. The van der Waals surface area contributed by atoms with E-state index in [1.165, 1.54) is 53.2 Å². The Bertz CT molecular complexity index is 2180. The third-order valence-electron chi connectivity index (χ3n) is 8.04. The van der Waals surface area contributed by atoms with Gasteiger partial charge in [-0.3, -0.25) is 0 Å². The predicted octanol–water partition coefficient (Wildman–Crippen LogP) is 12.0. The van der Waals surface area contributed by atoms with Crippen molar-refractivity contribution in [2.24, 2.45) is 0 Å². The van der Waals surface area contributed by atoms with Crippen molar-refractivity contribution in [3.8, 4) is 22.3 Å². The molecule has 8 rings (SSSR count). The van der Waals surface area contributed by atoms with E-state index in [1.54, 1.807) is 0 Å². The van der Waals surface area contributed by atoms with E-state index in [-0.39, 0.29) is 0 Å². The third kappa shape index (κ3) is 4.34. The molecule has 0 bridgehead atoms. The van der Waals surface area contributed by atoms with Crippen LogP contribution in [0.5, 0.6) is 0 Å². The molecule has 42 heavy (non-hydrogen) atoms. The predicted molar refractivity (Wildman–Crippen MR) is 182 cm³/mol.